The van der Waals surface area contributed by atoms with Crippen LogP contribution in [-0.2, 0) is 4.79 Å². The second-order valence-electron chi connectivity index (χ2n) is 3.47. The molecule has 0 aromatic heterocycles. The van der Waals surface area contributed by atoms with Crippen LogP contribution in [0.4, 0.5) is 0 Å². The van der Waals surface area contributed by atoms with Gasteiger partial charge in [0.2, 0.25) is 0 Å². The van der Waals surface area contributed by atoms with Crippen molar-refractivity contribution in [2.24, 2.45) is 17.8 Å². The molecule has 3 rings (SSSR count). The van der Waals surface area contributed by atoms with Gasteiger partial charge in [0.15, 0.2) is 0 Å². The lowest BCUT2D eigenvalue weighted by atomic mass is 9.70. The first-order valence-corrected chi connectivity index (χ1v) is 3.79. The van der Waals surface area contributed by atoms with E-state index in [2.05, 4.69) is 0 Å². The first-order chi connectivity index (χ1) is 4.29. The van der Waals surface area contributed by atoms with Gasteiger partial charge in [-0.2, -0.15) is 0 Å². The van der Waals surface area contributed by atoms with Crippen LogP contribution < -0.4 is 0 Å². The minimum atomic E-state index is 0.439. The third-order valence-corrected chi connectivity index (χ3v) is 3.00. The van der Waals surface area contributed by atoms with Crippen LogP contribution in [0.2, 0.25) is 0 Å². The zero-order chi connectivity index (χ0) is 6.43. The van der Waals surface area contributed by atoms with Crippen molar-refractivity contribution in [3.8, 4) is 0 Å². The minimum absolute atomic E-state index is 0.439. The summed E-state index contributed by atoms with van der Waals surface area (Å²) in [4.78, 5) is 10.9. The van der Waals surface area contributed by atoms with Gasteiger partial charge < -0.3 is 0 Å². The smallest absolute Gasteiger partial charge is 0.133 e. The van der Waals surface area contributed by atoms with Crippen molar-refractivity contribution in [1.29, 1.82) is 0 Å². The van der Waals surface area contributed by atoms with E-state index < -0.39 is 0 Å². The van der Waals surface area contributed by atoms with Crippen LogP contribution in [0.25, 0.3) is 0 Å². The molecule has 0 aromatic carbocycles. The molecule has 3 fully saturated rings. The SMILES string of the molecule is CC(=O)C1C2CCC1C2. The van der Waals surface area contributed by atoms with Crippen LogP contribution in [0, 0.1) is 17.8 Å². The number of fused-ring (bicyclic) bond motifs is 1. The molecule has 3 saturated carbocycles. The molecule has 9 heavy (non-hydrogen) atoms. The zero-order valence-electron chi connectivity index (χ0n) is 5.76. The van der Waals surface area contributed by atoms with E-state index in [-0.39, 0.29) is 0 Å². The molecular weight excluding hydrogens is 112 g/mol. The molecule has 0 radical (unpaired) electrons. The van der Waals surface area contributed by atoms with Crippen molar-refractivity contribution in [3.63, 3.8) is 0 Å². The van der Waals surface area contributed by atoms with Gasteiger partial charge in [0.1, 0.15) is 5.78 Å². The number of rotatable bonds is 1. The Hall–Kier alpha value is -0.330. The molecule has 0 amide bonds. The van der Waals surface area contributed by atoms with E-state index in [4.69, 9.17) is 0 Å². The van der Waals surface area contributed by atoms with E-state index in [0.29, 0.717) is 11.7 Å². The molecule has 0 heterocycles. The number of ketones is 1. The summed E-state index contributed by atoms with van der Waals surface area (Å²) in [5, 5.41) is 0. The van der Waals surface area contributed by atoms with Crippen LogP contribution in [0.3, 0.4) is 0 Å². The Morgan fingerprint density at radius 3 is 2.11 bits per heavy atom. The maximum absolute atomic E-state index is 10.9. The third kappa shape index (κ3) is 0.577. The lowest BCUT2D eigenvalue weighted by Gasteiger charge is -2.33. The Balaban J connectivity index is 2.10. The first-order valence-electron chi connectivity index (χ1n) is 3.79. The fourth-order valence-corrected chi connectivity index (χ4v) is 2.56. The van der Waals surface area contributed by atoms with Crippen molar-refractivity contribution < 1.29 is 4.79 Å². The van der Waals surface area contributed by atoms with Gasteiger partial charge in [-0.1, -0.05) is 0 Å². The number of carbonyl (C=O) groups is 1. The van der Waals surface area contributed by atoms with Crippen LogP contribution in [0.5, 0.6) is 0 Å². The molecule has 3 aliphatic rings. The molecule has 0 saturated heterocycles. The largest absolute Gasteiger partial charge is 0.300 e. The second-order valence-corrected chi connectivity index (χ2v) is 3.47. The Bertz CT molecular complexity index is 137. The molecule has 0 N–H and O–H groups in total. The maximum Gasteiger partial charge on any atom is 0.133 e. The number of hydrogen-bond acceptors (Lipinski definition) is 1. The van der Waals surface area contributed by atoms with E-state index in [0.717, 1.165) is 11.8 Å². The Morgan fingerprint density at radius 1 is 1.33 bits per heavy atom. The maximum atomic E-state index is 10.9. The van der Waals surface area contributed by atoms with Crippen LogP contribution in [-0.4, -0.2) is 5.78 Å². The highest BCUT2D eigenvalue weighted by Gasteiger charge is 2.48. The number of carbonyl (C=O) groups excluding carboxylic acids is 1. The highest BCUT2D eigenvalue weighted by molar-refractivity contribution is 5.80. The van der Waals surface area contributed by atoms with Gasteiger partial charge in [-0.15, -0.1) is 0 Å². The Morgan fingerprint density at radius 2 is 1.89 bits per heavy atom. The van der Waals surface area contributed by atoms with Gasteiger partial charge in [0, 0.05) is 5.92 Å². The molecule has 2 bridgehead atoms. The lowest BCUT2D eigenvalue weighted by Crippen LogP contribution is -2.33. The number of Topliss-reactive ketones (excluding diaryl/α,β-unsaturated/α-hetero) is 1. The number of hydrogen-bond donors (Lipinski definition) is 0. The van der Waals surface area contributed by atoms with Crippen molar-refractivity contribution in [3.05, 3.63) is 0 Å². The van der Waals surface area contributed by atoms with Crippen LogP contribution >= 0.6 is 0 Å². The van der Waals surface area contributed by atoms with Crippen LogP contribution in [0.15, 0.2) is 0 Å². The highest BCUT2D eigenvalue weighted by Crippen LogP contribution is 2.53. The predicted molar refractivity (Wildman–Crippen MR) is 35.0 cm³/mol. The van der Waals surface area contributed by atoms with Crippen molar-refractivity contribution in [2.75, 3.05) is 0 Å². The summed E-state index contributed by atoms with van der Waals surface area (Å²) in [5.74, 6) is 2.53. The fraction of sp³-hybridized carbons (Fsp3) is 0.875. The average Bonchev–Trinajstić information content (AvgIpc) is 2.13. The molecule has 0 aliphatic heterocycles. The van der Waals surface area contributed by atoms with Gasteiger partial charge in [-0.25, -0.2) is 0 Å². The predicted octanol–water partition coefficient (Wildman–Crippen LogP) is 1.62. The Kier molecular flexibility index (Phi) is 0.961. The van der Waals surface area contributed by atoms with Gasteiger partial charge in [0.25, 0.3) is 0 Å². The normalized spacial score (nSPS) is 46.6. The van der Waals surface area contributed by atoms with Crippen molar-refractivity contribution in [1.82, 2.24) is 0 Å². The molecule has 0 aromatic rings. The van der Waals surface area contributed by atoms with E-state index in [1.54, 1.807) is 6.92 Å². The first kappa shape index (κ1) is 5.45. The molecule has 2 atom stereocenters. The van der Waals surface area contributed by atoms with E-state index in [1.165, 1.54) is 19.3 Å². The van der Waals surface area contributed by atoms with E-state index in [9.17, 15) is 4.79 Å². The average molecular weight is 124 g/mol. The third-order valence-electron chi connectivity index (χ3n) is 3.00. The second kappa shape index (κ2) is 1.59. The topological polar surface area (TPSA) is 17.1 Å². The molecule has 50 valence electrons. The summed E-state index contributed by atoms with van der Waals surface area (Å²) in [6.07, 6.45) is 4.01. The quantitative estimate of drug-likeness (QED) is 0.519. The van der Waals surface area contributed by atoms with Crippen molar-refractivity contribution >= 4 is 5.78 Å². The van der Waals surface area contributed by atoms with Gasteiger partial charge in [-0.3, -0.25) is 4.79 Å². The molecule has 1 heteroatoms. The molecule has 3 aliphatic carbocycles. The lowest BCUT2D eigenvalue weighted by molar-refractivity contribution is -0.126. The summed E-state index contributed by atoms with van der Waals surface area (Å²) in [5.41, 5.74) is 0. The molecule has 2 unspecified atom stereocenters. The molecule has 0 spiro atoms. The van der Waals surface area contributed by atoms with E-state index in [1.807, 2.05) is 0 Å². The monoisotopic (exact) mass is 124 g/mol. The molecule has 1 nitrogen and oxygen atoms in total. The summed E-state index contributed by atoms with van der Waals surface area (Å²) in [6.45, 7) is 1.75. The van der Waals surface area contributed by atoms with Gasteiger partial charge >= 0.3 is 0 Å². The van der Waals surface area contributed by atoms with E-state index >= 15 is 0 Å². The zero-order valence-corrected chi connectivity index (χ0v) is 5.76. The summed E-state index contributed by atoms with van der Waals surface area (Å²) >= 11 is 0. The fourth-order valence-electron chi connectivity index (χ4n) is 2.56. The van der Waals surface area contributed by atoms with Gasteiger partial charge in [-0.05, 0) is 38.0 Å². The van der Waals surface area contributed by atoms with Crippen LogP contribution in [0.1, 0.15) is 26.2 Å². The minimum Gasteiger partial charge on any atom is -0.300 e. The standard InChI is InChI=1S/C8H12O/c1-5(9)8-6-2-3-7(8)4-6/h6-8H,2-4H2,1H3. The summed E-state index contributed by atoms with van der Waals surface area (Å²) in [6, 6.07) is 0. The molecular formula is C8H12O. The highest BCUT2D eigenvalue weighted by atomic mass is 16.1. The summed E-state index contributed by atoms with van der Waals surface area (Å²) < 4.78 is 0. The van der Waals surface area contributed by atoms with Gasteiger partial charge in [0.05, 0.1) is 0 Å². The Labute approximate surface area is 55.4 Å². The van der Waals surface area contributed by atoms with Crippen molar-refractivity contribution in [2.45, 2.75) is 26.2 Å². The summed E-state index contributed by atoms with van der Waals surface area (Å²) in [7, 11) is 0.